The Morgan fingerprint density at radius 1 is 1.50 bits per heavy atom. The van der Waals surface area contributed by atoms with Crippen LogP contribution in [0.4, 0.5) is 5.69 Å². The van der Waals surface area contributed by atoms with Crippen LogP contribution in [0.15, 0.2) is 24.3 Å². The molecule has 1 saturated heterocycles. The molecule has 106 valence electrons. The standard InChI is InChI=1S/C14H17N3O2S/c15-5-7-19-13-3-1-11(2-4-13)17-14(18)9-12-10-20-8-6-16-12/h1-4,12,16H,6-10H2,(H,17,18). The fraction of sp³-hybridized carbons (Fsp3) is 0.429. The first-order chi connectivity index (χ1) is 9.78. The number of nitriles is 1. The van der Waals surface area contributed by atoms with E-state index in [9.17, 15) is 4.79 Å². The summed E-state index contributed by atoms with van der Waals surface area (Å²) in [6.07, 6.45) is 0.486. The van der Waals surface area contributed by atoms with Crippen LogP contribution in [0.2, 0.25) is 0 Å². The summed E-state index contributed by atoms with van der Waals surface area (Å²) in [5.74, 6) is 2.72. The molecule has 1 fully saturated rings. The fourth-order valence-corrected chi connectivity index (χ4v) is 2.89. The lowest BCUT2D eigenvalue weighted by molar-refractivity contribution is -0.116. The van der Waals surface area contributed by atoms with E-state index in [0.29, 0.717) is 12.2 Å². The minimum absolute atomic E-state index is 0.00990. The predicted molar refractivity (Wildman–Crippen MR) is 79.9 cm³/mol. The van der Waals surface area contributed by atoms with Gasteiger partial charge in [0, 0.05) is 36.2 Å². The summed E-state index contributed by atoms with van der Waals surface area (Å²) in [6, 6.07) is 9.18. The van der Waals surface area contributed by atoms with E-state index in [1.807, 2.05) is 17.8 Å². The SMILES string of the molecule is N#CCOc1ccc(NC(=O)CC2CSCCN2)cc1. The van der Waals surface area contributed by atoms with E-state index in [1.54, 1.807) is 24.3 Å². The smallest absolute Gasteiger partial charge is 0.225 e. The van der Waals surface area contributed by atoms with Gasteiger partial charge in [0.15, 0.2) is 6.61 Å². The summed E-state index contributed by atoms with van der Waals surface area (Å²) in [7, 11) is 0. The molecule has 5 nitrogen and oxygen atoms in total. The van der Waals surface area contributed by atoms with E-state index >= 15 is 0 Å². The number of anilines is 1. The highest BCUT2D eigenvalue weighted by Crippen LogP contribution is 2.16. The van der Waals surface area contributed by atoms with Crippen LogP contribution >= 0.6 is 11.8 Å². The van der Waals surface area contributed by atoms with E-state index in [0.717, 1.165) is 23.7 Å². The molecule has 1 atom stereocenters. The molecule has 20 heavy (non-hydrogen) atoms. The van der Waals surface area contributed by atoms with Crippen LogP contribution in [-0.2, 0) is 4.79 Å². The van der Waals surface area contributed by atoms with Gasteiger partial charge in [-0.3, -0.25) is 4.79 Å². The number of nitrogens with one attached hydrogen (secondary N) is 2. The monoisotopic (exact) mass is 291 g/mol. The van der Waals surface area contributed by atoms with Gasteiger partial charge >= 0.3 is 0 Å². The third-order valence-corrected chi connectivity index (χ3v) is 4.00. The molecule has 0 bridgehead atoms. The lowest BCUT2D eigenvalue weighted by atomic mass is 10.2. The average molecular weight is 291 g/mol. The minimum atomic E-state index is 0.00990. The fourth-order valence-electron chi connectivity index (χ4n) is 1.94. The van der Waals surface area contributed by atoms with Gasteiger partial charge in [-0.05, 0) is 24.3 Å². The number of hydrogen-bond acceptors (Lipinski definition) is 5. The van der Waals surface area contributed by atoms with Gasteiger partial charge in [0.2, 0.25) is 5.91 Å². The normalized spacial score (nSPS) is 18.1. The second-order valence-electron chi connectivity index (χ2n) is 4.45. The minimum Gasteiger partial charge on any atom is -0.479 e. The summed E-state index contributed by atoms with van der Waals surface area (Å²) in [5.41, 5.74) is 0.739. The van der Waals surface area contributed by atoms with Crippen molar-refractivity contribution in [2.24, 2.45) is 0 Å². The van der Waals surface area contributed by atoms with Gasteiger partial charge in [-0.25, -0.2) is 0 Å². The molecule has 6 heteroatoms. The topological polar surface area (TPSA) is 74.1 Å². The van der Waals surface area contributed by atoms with Crippen LogP contribution in [0, 0.1) is 11.3 Å². The molecule has 1 amide bonds. The maximum Gasteiger partial charge on any atom is 0.225 e. The molecule has 1 heterocycles. The van der Waals surface area contributed by atoms with E-state index < -0.39 is 0 Å². The number of nitrogens with zero attached hydrogens (tertiary/aromatic N) is 1. The van der Waals surface area contributed by atoms with E-state index in [2.05, 4.69) is 10.6 Å². The van der Waals surface area contributed by atoms with Gasteiger partial charge in [-0.15, -0.1) is 0 Å². The molecule has 1 aliphatic rings. The number of rotatable bonds is 5. The zero-order valence-corrected chi connectivity index (χ0v) is 11.9. The number of hydrogen-bond donors (Lipinski definition) is 2. The number of carbonyl (C=O) groups excluding carboxylic acids is 1. The van der Waals surface area contributed by atoms with Gasteiger partial charge in [0.05, 0.1) is 0 Å². The van der Waals surface area contributed by atoms with Crippen molar-refractivity contribution in [3.63, 3.8) is 0 Å². The van der Waals surface area contributed by atoms with Crippen LogP contribution < -0.4 is 15.4 Å². The van der Waals surface area contributed by atoms with Crippen molar-refractivity contribution in [1.29, 1.82) is 5.26 Å². The van der Waals surface area contributed by atoms with Crippen molar-refractivity contribution in [3.05, 3.63) is 24.3 Å². The Hall–Kier alpha value is -1.71. The van der Waals surface area contributed by atoms with Gasteiger partial charge in [-0.1, -0.05) is 0 Å². The summed E-state index contributed by atoms with van der Waals surface area (Å²) in [4.78, 5) is 11.9. The van der Waals surface area contributed by atoms with E-state index in [1.165, 1.54) is 0 Å². The van der Waals surface area contributed by atoms with Gasteiger partial charge in [0.25, 0.3) is 0 Å². The zero-order valence-electron chi connectivity index (χ0n) is 11.1. The van der Waals surface area contributed by atoms with Crippen LogP contribution in [-0.4, -0.2) is 36.6 Å². The molecule has 0 aromatic heterocycles. The second-order valence-corrected chi connectivity index (χ2v) is 5.60. The lowest BCUT2D eigenvalue weighted by Gasteiger charge is -2.22. The Labute approximate surface area is 122 Å². The van der Waals surface area contributed by atoms with Crippen LogP contribution in [0.1, 0.15) is 6.42 Å². The number of ether oxygens (including phenoxy) is 1. The molecular weight excluding hydrogens is 274 g/mol. The number of thioether (sulfide) groups is 1. The molecule has 2 rings (SSSR count). The average Bonchev–Trinajstić information content (AvgIpc) is 2.47. The molecule has 2 N–H and O–H groups in total. The molecule has 0 spiro atoms. The predicted octanol–water partition coefficient (Wildman–Crippen LogP) is 1.62. The van der Waals surface area contributed by atoms with Crippen LogP contribution in [0.5, 0.6) is 5.75 Å². The van der Waals surface area contributed by atoms with Crippen LogP contribution in [0.25, 0.3) is 0 Å². The molecule has 1 aromatic rings. The van der Waals surface area contributed by atoms with Gasteiger partial charge in [-0.2, -0.15) is 17.0 Å². The van der Waals surface area contributed by atoms with Crippen molar-refractivity contribution < 1.29 is 9.53 Å². The van der Waals surface area contributed by atoms with Crippen molar-refractivity contribution in [2.45, 2.75) is 12.5 Å². The molecule has 1 unspecified atom stereocenters. The Morgan fingerprint density at radius 3 is 2.95 bits per heavy atom. The summed E-state index contributed by atoms with van der Waals surface area (Å²) < 4.78 is 5.15. The molecule has 0 saturated carbocycles. The van der Waals surface area contributed by atoms with Gasteiger partial charge in [0.1, 0.15) is 11.8 Å². The van der Waals surface area contributed by atoms with Crippen molar-refractivity contribution in [1.82, 2.24) is 5.32 Å². The summed E-state index contributed by atoms with van der Waals surface area (Å²) in [5, 5.41) is 14.6. The first-order valence-electron chi connectivity index (χ1n) is 6.49. The first-order valence-corrected chi connectivity index (χ1v) is 7.64. The highest BCUT2D eigenvalue weighted by Gasteiger charge is 2.16. The Balaban J connectivity index is 1.80. The zero-order chi connectivity index (χ0) is 14.2. The largest absolute Gasteiger partial charge is 0.479 e. The quantitative estimate of drug-likeness (QED) is 0.862. The Kier molecular flexibility index (Phi) is 5.71. The van der Waals surface area contributed by atoms with E-state index in [4.69, 9.17) is 10.00 Å². The number of carbonyl (C=O) groups is 1. The maximum atomic E-state index is 11.9. The van der Waals surface area contributed by atoms with Crippen molar-refractivity contribution >= 4 is 23.4 Å². The number of amides is 1. The van der Waals surface area contributed by atoms with Crippen molar-refractivity contribution in [2.75, 3.05) is 30.0 Å². The summed E-state index contributed by atoms with van der Waals surface area (Å²) in [6.45, 7) is 0.990. The Morgan fingerprint density at radius 2 is 2.30 bits per heavy atom. The lowest BCUT2D eigenvalue weighted by Crippen LogP contribution is -2.39. The molecular formula is C14H17N3O2S. The van der Waals surface area contributed by atoms with Gasteiger partial charge < -0.3 is 15.4 Å². The second kappa shape index (κ2) is 7.78. The number of benzene rings is 1. The molecule has 1 aromatic carbocycles. The first kappa shape index (κ1) is 14.7. The highest BCUT2D eigenvalue weighted by atomic mass is 32.2. The summed E-state index contributed by atoms with van der Waals surface area (Å²) >= 11 is 1.88. The Bertz CT molecular complexity index is 478. The highest BCUT2D eigenvalue weighted by molar-refractivity contribution is 7.99. The molecule has 0 radical (unpaired) electrons. The third-order valence-electron chi connectivity index (χ3n) is 2.87. The molecule has 0 aliphatic carbocycles. The maximum absolute atomic E-state index is 11.9. The van der Waals surface area contributed by atoms with E-state index in [-0.39, 0.29) is 18.6 Å². The third kappa shape index (κ3) is 4.76. The molecule has 1 aliphatic heterocycles. The van der Waals surface area contributed by atoms with Crippen LogP contribution in [0.3, 0.4) is 0 Å². The van der Waals surface area contributed by atoms with Crippen molar-refractivity contribution in [3.8, 4) is 11.8 Å².